The molecule has 0 aliphatic heterocycles. The van der Waals surface area contributed by atoms with Crippen LogP contribution in [0.3, 0.4) is 0 Å². The van der Waals surface area contributed by atoms with E-state index in [1.807, 2.05) is 54.6 Å². The van der Waals surface area contributed by atoms with E-state index < -0.39 is 11.6 Å². The van der Waals surface area contributed by atoms with Crippen LogP contribution in [0.15, 0.2) is 88.1 Å². The summed E-state index contributed by atoms with van der Waals surface area (Å²) in [5, 5.41) is 0.665. The van der Waals surface area contributed by atoms with Gasteiger partial charge in [-0.2, -0.15) is 0 Å². The molecule has 0 aliphatic carbocycles. The third-order valence-corrected chi connectivity index (χ3v) is 5.14. The molecule has 0 unspecified atom stereocenters. The first-order chi connectivity index (χ1) is 16.1. The van der Waals surface area contributed by atoms with Crippen LogP contribution in [0, 0.1) is 0 Å². The first kappa shape index (κ1) is 21.9. The highest BCUT2D eigenvalue weighted by Gasteiger charge is 2.16. The quantitative estimate of drug-likeness (QED) is 0.172. The maximum Gasteiger partial charge on any atom is 0.339 e. The van der Waals surface area contributed by atoms with Gasteiger partial charge in [-0.05, 0) is 29.8 Å². The van der Waals surface area contributed by atoms with Crippen molar-refractivity contribution in [1.82, 2.24) is 0 Å². The number of carbonyl (C=O) groups is 1. The second kappa shape index (κ2) is 9.87. The molecule has 4 aromatic rings. The number of carbonyl (C=O) groups excluding carboxylic acids is 1. The molecule has 6 nitrogen and oxygen atoms in total. The van der Waals surface area contributed by atoms with Gasteiger partial charge in [0.1, 0.15) is 23.7 Å². The maximum atomic E-state index is 13.2. The van der Waals surface area contributed by atoms with Gasteiger partial charge in [-0.25, -0.2) is 9.59 Å². The molecule has 0 bridgehead atoms. The van der Waals surface area contributed by atoms with Crippen molar-refractivity contribution >= 4 is 28.6 Å². The summed E-state index contributed by atoms with van der Waals surface area (Å²) in [4.78, 5) is 25.2. The predicted molar refractivity (Wildman–Crippen MR) is 126 cm³/mol. The molecule has 0 amide bonds. The Morgan fingerprint density at radius 1 is 0.909 bits per heavy atom. The van der Waals surface area contributed by atoms with E-state index in [-0.39, 0.29) is 6.61 Å². The van der Waals surface area contributed by atoms with Gasteiger partial charge in [0.05, 0.1) is 19.8 Å². The van der Waals surface area contributed by atoms with Crippen LogP contribution in [-0.4, -0.2) is 20.2 Å². The molecule has 0 aliphatic rings. The van der Waals surface area contributed by atoms with Gasteiger partial charge in [-0.1, -0.05) is 48.5 Å². The van der Waals surface area contributed by atoms with Gasteiger partial charge in [0.2, 0.25) is 0 Å². The summed E-state index contributed by atoms with van der Waals surface area (Å²) in [6, 6.07) is 23.1. The fraction of sp³-hybridized carbons (Fsp3) is 0.111. The molecule has 33 heavy (non-hydrogen) atoms. The van der Waals surface area contributed by atoms with Gasteiger partial charge in [0.15, 0.2) is 0 Å². The van der Waals surface area contributed by atoms with E-state index in [9.17, 15) is 9.59 Å². The van der Waals surface area contributed by atoms with Gasteiger partial charge < -0.3 is 18.6 Å². The molecule has 1 aromatic heterocycles. The van der Waals surface area contributed by atoms with E-state index in [1.54, 1.807) is 31.4 Å². The monoisotopic (exact) mass is 442 g/mol. The van der Waals surface area contributed by atoms with Crippen LogP contribution in [0.25, 0.3) is 22.6 Å². The fourth-order valence-corrected chi connectivity index (χ4v) is 3.50. The zero-order valence-corrected chi connectivity index (χ0v) is 18.2. The molecular weight excluding hydrogens is 420 g/mol. The zero-order chi connectivity index (χ0) is 23.2. The zero-order valence-electron chi connectivity index (χ0n) is 18.2. The standard InChI is InChI=1S/C27H22O6/c1-30-21-12-13-22-20(15-26(28)33-25(22)16-21)17-32-27(29)23(18-8-4-3-5-9-18)14-19-10-6-7-11-24(19)31-2/h3-16H,17H2,1-2H3. The SMILES string of the molecule is COc1ccc2c(COC(=O)C(=Cc3ccccc3OC)c3ccccc3)cc(=O)oc2c1. The summed E-state index contributed by atoms with van der Waals surface area (Å²) >= 11 is 0. The summed E-state index contributed by atoms with van der Waals surface area (Å²) in [5.74, 6) is 0.673. The largest absolute Gasteiger partial charge is 0.497 e. The van der Waals surface area contributed by atoms with Crippen molar-refractivity contribution in [2.75, 3.05) is 14.2 Å². The molecule has 3 aromatic carbocycles. The number of ether oxygens (including phenoxy) is 3. The molecule has 0 spiro atoms. The topological polar surface area (TPSA) is 75.0 Å². The molecule has 0 atom stereocenters. The molecule has 166 valence electrons. The van der Waals surface area contributed by atoms with E-state index >= 15 is 0 Å². The third-order valence-electron chi connectivity index (χ3n) is 5.14. The van der Waals surface area contributed by atoms with Crippen LogP contribution in [-0.2, 0) is 16.1 Å². The Morgan fingerprint density at radius 2 is 1.67 bits per heavy atom. The molecular formula is C27H22O6. The molecule has 6 heteroatoms. The van der Waals surface area contributed by atoms with Crippen molar-refractivity contribution in [2.45, 2.75) is 6.61 Å². The van der Waals surface area contributed by atoms with Crippen molar-refractivity contribution in [3.8, 4) is 11.5 Å². The number of hydrogen-bond donors (Lipinski definition) is 0. The normalized spacial score (nSPS) is 11.3. The van der Waals surface area contributed by atoms with Crippen molar-refractivity contribution < 1.29 is 23.4 Å². The highest BCUT2D eigenvalue weighted by molar-refractivity contribution is 6.21. The summed E-state index contributed by atoms with van der Waals surface area (Å²) < 4.78 is 21.5. The number of methoxy groups -OCH3 is 2. The van der Waals surface area contributed by atoms with Gasteiger partial charge in [-0.15, -0.1) is 0 Å². The van der Waals surface area contributed by atoms with E-state index in [0.717, 1.165) is 5.56 Å². The lowest BCUT2D eigenvalue weighted by Crippen LogP contribution is -2.09. The Labute approximate surface area is 190 Å². The summed E-state index contributed by atoms with van der Waals surface area (Å²) in [5.41, 5.74) is 2.19. The lowest BCUT2D eigenvalue weighted by Gasteiger charge is -2.12. The van der Waals surface area contributed by atoms with Crippen LogP contribution >= 0.6 is 0 Å². The van der Waals surface area contributed by atoms with Crippen LogP contribution in [0.1, 0.15) is 16.7 Å². The Bertz CT molecular complexity index is 1370. The van der Waals surface area contributed by atoms with Crippen molar-refractivity contribution in [2.24, 2.45) is 0 Å². The average Bonchev–Trinajstić information content (AvgIpc) is 2.85. The number of benzene rings is 3. The Kier molecular flexibility index (Phi) is 6.55. The van der Waals surface area contributed by atoms with Crippen LogP contribution in [0.2, 0.25) is 0 Å². The van der Waals surface area contributed by atoms with Crippen molar-refractivity contribution in [3.63, 3.8) is 0 Å². The Morgan fingerprint density at radius 3 is 2.42 bits per heavy atom. The van der Waals surface area contributed by atoms with Gasteiger partial charge in [0.25, 0.3) is 0 Å². The number of para-hydroxylation sites is 1. The predicted octanol–water partition coefficient (Wildman–Crippen LogP) is 5.09. The molecule has 0 fully saturated rings. The molecule has 1 heterocycles. The molecule has 0 saturated heterocycles. The highest BCUT2D eigenvalue weighted by atomic mass is 16.5. The summed E-state index contributed by atoms with van der Waals surface area (Å²) in [6.45, 7) is -0.0939. The van der Waals surface area contributed by atoms with Gasteiger partial charge >= 0.3 is 11.6 Å². The Balaban J connectivity index is 1.67. The summed E-state index contributed by atoms with van der Waals surface area (Å²) in [6.07, 6.45) is 1.73. The number of hydrogen-bond acceptors (Lipinski definition) is 6. The van der Waals surface area contributed by atoms with Crippen LogP contribution in [0.4, 0.5) is 0 Å². The van der Waals surface area contributed by atoms with Gasteiger partial charge in [0, 0.05) is 28.6 Å². The number of fused-ring (bicyclic) bond motifs is 1. The average molecular weight is 442 g/mol. The molecule has 0 N–H and O–H groups in total. The second-order valence-electron chi connectivity index (χ2n) is 7.19. The first-order valence-electron chi connectivity index (χ1n) is 10.3. The smallest absolute Gasteiger partial charge is 0.339 e. The molecule has 0 saturated carbocycles. The molecule has 4 rings (SSSR count). The van der Waals surface area contributed by atoms with E-state index in [1.165, 1.54) is 13.2 Å². The minimum atomic E-state index is -0.533. The highest BCUT2D eigenvalue weighted by Crippen LogP contribution is 2.27. The van der Waals surface area contributed by atoms with Crippen molar-refractivity contribution in [3.05, 3.63) is 106 Å². The fourth-order valence-electron chi connectivity index (χ4n) is 3.50. The Hall–Kier alpha value is -4.32. The van der Waals surface area contributed by atoms with Crippen LogP contribution in [0.5, 0.6) is 11.5 Å². The summed E-state index contributed by atoms with van der Waals surface area (Å²) in [7, 11) is 3.11. The number of rotatable bonds is 7. The minimum absolute atomic E-state index is 0.0939. The number of esters is 1. The first-order valence-corrected chi connectivity index (χ1v) is 10.3. The van der Waals surface area contributed by atoms with Crippen molar-refractivity contribution in [1.29, 1.82) is 0 Å². The third kappa shape index (κ3) is 4.96. The lowest BCUT2D eigenvalue weighted by atomic mass is 10.0. The maximum absolute atomic E-state index is 13.2. The minimum Gasteiger partial charge on any atom is -0.497 e. The van der Waals surface area contributed by atoms with E-state index in [0.29, 0.717) is 39.2 Å². The molecule has 0 radical (unpaired) electrons. The van der Waals surface area contributed by atoms with E-state index in [4.69, 9.17) is 18.6 Å². The van der Waals surface area contributed by atoms with Gasteiger partial charge in [-0.3, -0.25) is 0 Å². The van der Waals surface area contributed by atoms with Crippen LogP contribution < -0.4 is 15.1 Å². The lowest BCUT2D eigenvalue weighted by molar-refractivity contribution is -0.137. The van der Waals surface area contributed by atoms with E-state index in [2.05, 4.69) is 0 Å². The second-order valence-corrected chi connectivity index (χ2v) is 7.19.